The Hall–Kier alpha value is -2.29. The minimum Gasteiger partial charge on any atom is -0.258 e. The highest BCUT2D eigenvalue weighted by Crippen LogP contribution is 2.25. The summed E-state index contributed by atoms with van der Waals surface area (Å²) in [5, 5.41) is 13.8. The summed E-state index contributed by atoms with van der Waals surface area (Å²) in [6.07, 6.45) is 2.76. The van der Waals surface area contributed by atoms with Crippen molar-refractivity contribution in [2.24, 2.45) is 5.11 Å². The van der Waals surface area contributed by atoms with E-state index >= 15 is 0 Å². The van der Waals surface area contributed by atoms with E-state index in [1.165, 1.54) is 6.20 Å². The third-order valence-electron chi connectivity index (χ3n) is 1.68. The Balaban J connectivity index is 2.88. The van der Waals surface area contributed by atoms with Gasteiger partial charge in [0.05, 0.1) is 10.5 Å². The maximum atomic E-state index is 10.6. The molecular weight excluding hydrogens is 246 g/mol. The van der Waals surface area contributed by atoms with E-state index in [1.54, 1.807) is 0 Å². The normalized spacial score (nSPS) is 8.76. The van der Waals surface area contributed by atoms with E-state index in [2.05, 4.69) is 26.9 Å². The SMILES string of the molecule is [N-]=[N+]=NCCC#Cc1cncc([N+](=O)[O-])c1Cl. The van der Waals surface area contributed by atoms with Crippen LogP contribution in [0, 0.1) is 22.0 Å². The van der Waals surface area contributed by atoms with Crippen LogP contribution in [0.1, 0.15) is 12.0 Å². The zero-order valence-electron chi connectivity index (χ0n) is 8.50. The number of hydrogen-bond donors (Lipinski definition) is 0. The fourth-order valence-corrected chi connectivity index (χ4v) is 1.17. The highest BCUT2D eigenvalue weighted by atomic mass is 35.5. The summed E-state index contributed by atoms with van der Waals surface area (Å²) >= 11 is 5.78. The Morgan fingerprint density at radius 1 is 1.65 bits per heavy atom. The highest BCUT2D eigenvalue weighted by molar-refractivity contribution is 6.33. The molecule has 0 aliphatic rings. The minimum atomic E-state index is -0.625. The number of nitrogens with zero attached hydrogens (tertiary/aromatic N) is 5. The number of hydrogen-bond acceptors (Lipinski definition) is 4. The van der Waals surface area contributed by atoms with Crippen LogP contribution in [-0.4, -0.2) is 16.5 Å². The molecule has 0 saturated heterocycles. The van der Waals surface area contributed by atoms with E-state index < -0.39 is 4.92 Å². The molecule has 0 radical (unpaired) electrons. The number of azide groups is 1. The molecule has 1 heterocycles. The van der Waals surface area contributed by atoms with Gasteiger partial charge < -0.3 is 0 Å². The van der Waals surface area contributed by atoms with Gasteiger partial charge in [0.25, 0.3) is 0 Å². The van der Waals surface area contributed by atoms with Gasteiger partial charge in [-0.25, -0.2) is 0 Å². The fraction of sp³-hybridized carbons (Fsp3) is 0.222. The van der Waals surface area contributed by atoms with Crippen LogP contribution in [0.25, 0.3) is 10.4 Å². The second-order valence-electron chi connectivity index (χ2n) is 2.78. The van der Waals surface area contributed by atoms with Gasteiger partial charge in [0.15, 0.2) is 0 Å². The maximum Gasteiger partial charge on any atom is 0.307 e. The third kappa shape index (κ3) is 3.65. The minimum absolute atomic E-state index is 0.0405. The summed E-state index contributed by atoms with van der Waals surface area (Å²) < 4.78 is 0. The van der Waals surface area contributed by atoms with Crippen molar-refractivity contribution in [3.63, 3.8) is 0 Å². The number of aromatic nitrogens is 1. The van der Waals surface area contributed by atoms with Gasteiger partial charge in [-0.3, -0.25) is 15.1 Å². The van der Waals surface area contributed by atoms with Gasteiger partial charge in [-0.2, -0.15) is 0 Å². The van der Waals surface area contributed by atoms with Crippen LogP contribution in [0.2, 0.25) is 5.02 Å². The first kappa shape index (κ1) is 12.8. The van der Waals surface area contributed by atoms with Crippen molar-refractivity contribution in [3.8, 4) is 11.8 Å². The molecule has 0 aliphatic heterocycles. The van der Waals surface area contributed by atoms with Crippen molar-refractivity contribution in [1.82, 2.24) is 4.98 Å². The molecule has 0 spiro atoms. The van der Waals surface area contributed by atoms with E-state index in [4.69, 9.17) is 17.1 Å². The Morgan fingerprint density at radius 2 is 2.41 bits per heavy atom. The number of rotatable bonds is 3. The summed E-state index contributed by atoms with van der Waals surface area (Å²) in [5.74, 6) is 5.32. The Bertz CT molecular complexity index is 542. The molecule has 0 atom stereocenters. The van der Waals surface area contributed by atoms with Gasteiger partial charge in [0, 0.05) is 24.1 Å². The lowest BCUT2D eigenvalue weighted by Gasteiger charge is -1.96. The molecule has 0 aliphatic carbocycles. The molecule has 0 N–H and O–H groups in total. The third-order valence-corrected chi connectivity index (χ3v) is 2.08. The van der Waals surface area contributed by atoms with Crippen LogP contribution in [0.15, 0.2) is 17.5 Å². The average Bonchev–Trinajstić information content (AvgIpc) is 2.30. The first-order valence-corrected chi connectivity index (χ1v) is 4.82. The predicted molar refractivity (Wildman–Crippen MR) is 61.4 cm³/mol. The lowest BCUT2D eigenvalue weighted by atomic mass is 10.2. The van der Waals surface area contributed by atoms with Crippen molar-refractivity contribution in [2.75, 3.05) is 6.54 Å². The van der Waals surface area contributed by atoms with Crippen molar-refractivity contribution < 1.29 is 4.92 Å². The van der Waals surface area contributed by atoms with Crippen LogP contribution in [0.4, 0.5) is 5.69 Å². The molecule has 7 nitrogen and oxygen atoms in total. The Morgan fingerprint density at radius 3 is 3.06 bits per heavy atom. The average molecular weight is 252 g/mol. The summed E-state index contributed by atoms with van der Waals surface area (Å²) in [6, 6.07) is 0. The van der Waals surface area contributed by atoms with E-state index in [0.717, 1.165) is 6.20 Å². The van der Waals surface area contributed by atoms with Crippen LogP contribution in [0.3, 0.4) is 0 Å². The largest absolute Gasteiger partial charge is 0.307 e. The molecule has 8 heteroatoms. The monoisotopic (exact) mass is 251 g/mol. The summed E-state index contributed by atoms with van der Waals surface area (Å²) in [6.45, 7) is 0.240. The maximum absolute atomic E-state index is 10.6. The van der Waals surface area contributed by atoms with E-state index in [9.17, 15) is 10.1 Å². The van der Waals surface area contributed by atoms with E-state index in [0.29, 0.717) is 6.42 Å². The van der Waals surface area contributed by atoms with Crippen molar-refractivity contribution in [3.05, 3.63) is 43.5 Å². The van der Waals surface area contributed by atoms with Gasteiger partial charge in [-0.15, -0.1) is 0 Å². The van der Waals surface area contributed by atoms with Crippen LogP contribution < -0.4 is 0 Å². The van der Waals surface area contributed by atoms with Crippen LogP contribution in [0.5, 0.6) is 0 Å². The molecule has 0 fully saturated rings. The van der Waals surface area contributed by atoms with E-state index in [1.807, 2.05) is 0 Å². The number of pyridine rings is 1. The topological polar surface area (TPSA) is 105 Å². The first-order chi connectivity index (χ1) is 8.16. The highest BCUT2D eigenvalue weighted by Gasteiger charge is 2.14. The number of nitro groups is 1. The standard InChI is InChI=1S/C9H6ClN5O2/c10-9-7(3-1-2-4-13-14-11)5-12-6-8(9)15(16)17/h5-6H,2,4H2. The molecule has 1 rings (SSSR count). The Labute approximate surface area is 101 Å². The zero-order valence-corrected chi connectivity index (χ0v) is 9.26. The molecule has 0 amide bonds. The Kier molecular flexibility index (Phi) is 4.76. The van der Waals surface area contributed by atoms with Gasteiger partial charge in [-0.1, -0.05) is 28.6 Å². The molecule has 86 valence electrons. The zero-order chi connectivity index (χ0) is 12.7. The molecule has 0 unspecified atom stereocenters. The summed E-state index contributed by atoms with van der Waals surface area (Å²) in [4.78, 5) is 16.2. The predicted octanol–water partition coefficient (Wildman–Crippen LogP) is 2.70. The van der Waals surface area contributed by atoms with Gasteiger partial charge in [0.2, 0.25) is 0 Å². The van der Waals surface area contributed by atoms with Crippen LogP contribution >= 0.6 is 11.6 Å². The molecule has 1 aromatic rings. The fourth-order valence-electron chi connectivity index (χ4n) is 0.957. The lowest BCUT2D eigenvalue weighted by Crippen LogP contribution is -1.92. The van der Waals surface area contributed by atoms with Crippen molar-refractivity contribution >= 4 is 17.3 Å². The van der Waals surface area contributed by atoms with Gasteiger partial charge in [-0.05, 0) is 5.53 Å². The molecular formula is C9H6ClN5O2. The molecule has 0 aromatic carbocycles. The summed E-state index contributed by atoms with van der Waals surface area (Å²) in [7, 11) is 0. The van der Waals surface area contributed by atoms with Crippen LogP contribution in [-0.2, 0) is 0 Å². The van der Waals surface area contributed by atoms with E-state index in [-0.39, 0.29) is 22.8 Å². The second-order valence-corrected chi connectivity index (χ2v) is 3.16. The first-order valence-electron chi connectivity index (χ1n) is 4.44. The molecule has 0 saturated carbocycles. The second kappa shape index (κ2) is 6.33. The summed E-state index contributed by atoms with van der Waals surface area (Å²) in [5.41, 5.74) is 8.02. The molecule has 1 aromatic heterocycles. The molecule has 0 bridgehead atoms. The van der Waals surface area contributed by atoms with Crippen molar-refractivity contribution in [1.29, 1.82) is 0 Å². The number of halogens is 1. The lowest BCUT2D eigenvalue weighted by molar-refractivity contribution is -0.385. The smallest absolute Gasteiger partial charge is 0.258 e. The van der Waals surface area contributed by atoms with Gasteiger partial charge in [0.1, 0.15) is 11.2 Å². The molecule has 17 heavy (non-hydrogen) atoms. The van der Waals surface area contributed by atoms with Gasteiger partial charge >= 0.3 is 5.69 Å². The quantitative estimate of drug-likeness (QED) is 0.157. The van der Waals surface area contributed by atoms with Crippen molar-refractivity contribution in [2.45, 2.75) is 6.42 Å².